The van der Waals surface area contributed by atoms with Gasteiger partial charge in [-0.05, 0) is 30.7 Å². The molecular formula is C11H14FN3. The first-order chi connectivity index (χ1) is 7.29. The van der Waals surface area contributed by atoms with Crippen molar-refractivity contribution in [2.45, 2.75) is 13.3 Å². The minimum atomic E-state index is -0.212. The molecule has 0 aromatic heterocycles. The van der Waals surface area contributed by atoms with Crippen molar-refractivity contribution >= 4 is 5.70 Å². The van der Waals surface area contributed by atoms with Gasteiger partial charge in [0.2, 0.25) is 0 Å². The number of nitrogens with one attached hydrogen (secondary N) is 2. The van der Waals surface area contributed by atoms with E-state index in [0.29, 0.717) is 0 Å². The van der Waals surface area contributed by atoms with Gasteiger partial charge in [-0.15, -0.1) is 5.53 Å². The SMILES string of the molecule is CCCN1C=C(c2ccc(F)cc2)NN1. The molecule has 0 bridgehead atoms. The standard InChI is InChI=1S/C11H14FN3/c1-2-7-15-8-11(13-14-15)9-3-5-10(12)6-4-9/h3-6,8,13-14H,2,7H2,1H3. The van der Waals surface area contributed by atoms with Crippen LogP contribution in [0.25, 0.3) is 5.70 Å². The zero-order chi connectivity index (χ0) is 10.7. The van der Waals surface area contributed by atoms with E-state index in [0.717, 1.165) is 24.2 Å². The minimum Gasteiger partial charge on any atom is -0.302 e. The maximum absolute atomic E-state index is 12.7. The summed E-state index contributed by atoms with van der Waals surface area (Å²) in [5.41, 5.74) is 8.00. The van der Waals surface area contributed by atoms with Crippen LogP contribution in [0, 0.1) is 5.82 Å². The van der Waals surface area contributed by atoms with Crippen LogP contribution in [0.15, 0.2) is 30.5 Å². The van der Waals surface area contributed by atoms with Crippen LogP contribution < -0.4 is 11.0 Å². The van der Waals surface area contributed by atoms with E-state index in [1.54, 1.807) is 12.1 Å². The lowest BCUT2D eigenvalue weighted by Crippen LogP contribution is -2.36. The van der Waals surface area contributed by atoms with Crippen LogP contribution >= 0.6 is 0 Å². The molecule has 1 aromatic rings. The van der Waals surface area contributed by atoms with E-state index in [9.17, 15) is 4.39 Å². The van der Waals surface area contributed by atoms with E-state index in [2.05, 4.69) is 17.9 Å². The molecule has 1 heterocycles. The van der Waals surface area contributed by atoms with Crippen molar-refractivity contribution in [1.82, 2.24) is 16.0 Å². The highest BCUT2D eigenvalue weighted by Gasteiger charge is 2.11. The van der Waals surface area contributed by atoms with Crippen molar-refractivity contribution in [3.8, 4) is 0 Å². The normalized spacial score (nSPS) is 15.1. The molecular weight excluding hydrogens is 193 g/mol. The van der Waals surface area contributed by atoms with E-state index in [-0.39, 0.29) is 5.82 Å². The Hall–Kier alpha value is -1.55. The predicted octanol–water partition coefficient (Wildman–Crippen LogP) is 1.86. The van der Waals surface area contributed by atoms with Crippen LogP contribution in [-0.4, -0.2) is 11.6 Å². The van der Waals surface area contributed by atoms with E-state index in [1.807, 2.05) is 11.2 Å². The summed E-state index contributed by atoms with van der Waals surface area (Å²) in [5.74, 6) is -0.212. The Morgan fingerprint density at radius 2 is 2.00 bits per heavy atom. The van der Waals surface area contributed by atoms with Crippen LogP contribution in [0.1, 0.15) is 18.9 Å². The summed E-state index contributed by atoms with van der Waals surface area (Å²) in [6.45, 7) is 3.06. The van der Waals surface area contributed by atoms with Crippen molar-refractivity contribution in [3.05, 3.63) is 41.8 Å². The van der Waals surface area contributed by atoms with Gasteiger partial charge in [-0.2, -0.15) is 0 Å². The quantitative estimate of drug-likeness (QED) is 0.792. The molecule has 2 rings (SSSR count). The molecule has 80 valence electrons. The largest absolute Gasteiger partial charge is 0.302 e. The molecule has 1 aliphatic rings. The van der Waals surface area contributed by atoms with Gasteiger partial charge >= 0.3 is 0 Å². The van der Waals surface area contributed by atoms with E-state index >= 15 is 0 Å². The fraction of sp³-hybridized carbons (Fsp3) is 0.273. The number of hydrogen-bond acceptors (Lipinski definition) is 3. The second kappa shape index (κ2) is 4.31. The maximum atomic E-state index is 12.7. The smallest absolute Gasteiger partial charge is 0.123 e. The van der Waals surface area contributed by atoms with Gasteiger partial charge in [-0.3, -0.25) is 5.01 Å². The Morgan fingerprint density at radius 3 is 2.67 bits per heavy atom. The van der Waals surface area contributed by atoms with E-state index in [4.69, 9.17) is 0 Å². The van der Waals surface area contributed by atoms with Gasteiger partial charge in [0, 0.05) is 18.3 Å². The van der Waals surface area contributed by atoms with Crippen molar-refractivity contribution in [1.29, 1.82) is 0 Å². The Morgan fingerprint density at radius 1 is 1.27 bits per heavy atom. The molecule has 1 aliphatic heterocycles. The molecule has 0 atom stereocenters. The lowest BCUT2D eigenvalue weighted by Gasteiger charge is -2.12. The van der Waals surface area contributed by atoms with Gasteiger partial charge in [0.05, 0.1) is 5.70 Å². The summed E-state index contributed by atoms with van der Waals surface area (Å²) in [4.78, 5) is 0. The van der Waals surface area contributed by atoms with Crippen molar-refractivity contribution < 1.29 is 4.39 Å². The summed E-state index contributed by atoms with van der Waals surface area (Å²) >= 11 is 0. The van der Waals surface area contributed by atoms with Gasteiger partial charge in [0.15, 0.2) is 0 Å². The lowest BCUT2D eigenvalue weighted by molar-refractivity contribution is 0.273. The predicted molar refractivity (Wildman–Crippen MR) is 57.6 cm³/mol. The van der Waals surface area contributed by atoms with Crippen LogP contribution in [0.4, 0.5) is 4.39 Å². The Labute approximate surface area is 88.5 Å². The fourth-order valence-corrected chi connectivity index (χ4v) is 1.49. The lowest BCUT2D eigenvalue weighted by atomic mass is 10.2. The molecule has 0 radical (unpaired) electrons. The van der Waals surface area contributed by atoms with Gasteiger partial charge < -0.3 is 5.43 Å². The van der Waals surface area contributed by atoms with Gasteiger partial charge in [0.25, 0.3) is 0 Å². The zero-order valence-electron chi connectivity index (χ0n) is 8.63. The molecule has 3 nitrogen and oxygen atoms in total. The number of halogens is 1. The monoisotopic (exact) mass is 207 g/mol. The molecule has 0 saturated carbocycles. The molecule has 0 aliphatic carbocycles. The highest BCUT2D eigenvalue weighted by Crippen LogP contribution is 2.15. The van der Waals surface area contributed by atoms with Crippen LogP contribution in [-0.2, 0) is 0 Å². The number of hydrazine groups is 2. The molecule has 4 heteroatoms. The first kappa shape index (κ1) is 9.98. The number of rotatable bonds is 3. The first-order valence-electron chi connectivity index (χ1n) is 5.05. The maximum Gasteiger partial charge on any atom is 0.123 e. The molecule has 15 heavy (non-hydrogen) atoms. The van der Waals surface area contributed by atoms with Gasteiger partial charge in [0.1, 0.15) is 5.82 Å². The minimum absolute atomic E-state index is 0.212. The summed E-state index contributed by atoms with van der Waals surface area (Å²) in [6.07, 6.45) is 3.05. The molecule has 2 N–H and O–H groups in total. The molecule has 0 saturated heterocycles. The first-order valence-corrected chi connectivity index (χ1v) is 5.05. The van der Waals surface area contributed by atoms with E-state index < -0.39 is 0 Å². The zero-order valence-corrected chi connectivity index (χ0v) is 8.63. The Balaban J connectivity index is 2.12. The molecule has 0 fully saturated rings. The summed E-state index contributed by atoms with van der Waals surface area (Å²) in [6, 6.07) is 6.43. The van der Waals surface area contributed by atoms with Crippen LogP contribution in [0.5, 0.6) is 0 Å². The third-order valence-electron chi connectivity index (χ3n) is 2.24. The topological polar surface area (TPSA) is 27.3 Å². The van der Waals surface area contributed by atoms with Gasteiger partial charge in [-0.25, -0.2) is 4.39 Å². The molecule has 0 spiro atoms. The Kier molecular flexibility index (Phi) is 2.87. The molecule has 0 amide bonds. The second-order valence-electron chi connectivity index (χ2n) is 3.48. The fourth-order valence-electron chi connectivity index (χ4n) is 1.49. The second-order valence-corrected chi connectivity index (χ2v) is 3.48. The third-order valence-corrected chi connectivity index (χ3v) is 2.24. The van der Waals surface area contributed by atoms with Crippen LogP contribution in [0.3, 0.4) is 0 Å². The molecule has 0 unspecified atom stereocenters. The van der Waals surface area contributed by atoms with Crippen LogP contribution in [0.2, 0.25) is 0 Å². The van der Waals surface area contributed by atoms with Crippen molar-refractivity contribution in [3.63, 3.8) is 0 Å². The number of hydrogen-bond donors (Lipinski definition) is 2. The third kappa shape index (κ3) is 2.27. The molecule has 1 aromatic carbocycles. The summed E-state index contributed by atoms with van der Waals surface area (Å²) < 4.78 is 12.7. The number of nitrogens with zero attached hydrogens (tertiary/aromatic N) is 1. The van der Waals surface area contributed by atoms with E-state index in [1.165, 1.54) is 12.1 Å². The average Bonchev–Trinajstić information content (AvgIpc) is 2.68. The van der Waals surface area contributed by atoms with Gasteiger partial charge in [-0.1, -0.05) is 6.92 Å². The average molecular weight is 207 g/mol. The summed E-state index contributed by atoms with van der Waals surface area (Å²) in [5, 5.41) is 1.97. The number of benzene rings is 1. The highest BCUT2D eigenvalue weighted by molar-refractivity contribution is 5.64. The van der Waals surface area contributed by atoms with Crippen molar-refractivity contribution in [2.24, 2.45) is 0 Å². The summed E-state index contributed by atoms with van der Waals surface area (Å²) in [7, 11) is 0. The highest BCUT2D eigenvalue weighted by atomic mass is 19.1. The van der Waals surface area contributed by atoms with Crippen molar-refractivity contribution in [2.75, 3.05) is 6.54 Å². The Bertz CT molecular complexity index is 359.